The van der Waals surface area contributed by atoms with Crippen molar-refractivity contribution in [3.63, 3.8) is 0 Å². The fourth-order valence-corrected chi connectivity index (χ4v) is 3.89. The monoisotopic (exact) mass is 362 g/mol. The first kappa shape index (κ1) is 16.7. The van der Waals surface area contributed by atoms with Gasteiger partial charge in [0.15, 0.2) is 0 Å². The first-order valence-electron chi connectivity index (χ1n) is 9.77. The van der Waals surface area contributed by atoms with Crippen LogP contribution in [-0.4, -0.2) is 17.1 Å². The standard InChI is InChI=1S/C23H23FN2O/c24-23-8-5-17-13-25-10-9-21(17)22(23)14-26-18-11-20(12-18)27-19-6-3-16(4-7-19)15-1-2-15/h3-10,13,15,18,20,26H,1-2,11-12,14H2/t18-,20-. The number of hydrogen-bond donors (Lipinski definition) is 1. The van der Waals surface area contributed by atoms with Gasteiger partial charge in [-0.1, -0.05) is 12.1 Å². The molecule has 0 atom stereocenters. The number of fused-ring (bicyclic) bond motifs is 1. The van der Waals surface area contributed by atoms with Gasteiger partial charge in [0.05, 0.1) is 0 Å². The number of pyridine rings is 1. The number of rotatable bonds is 6. The summed E-state index contributed by atoms with van der Waals surface area (Å²) in [5.41, 5.74) is 2.15. The minimum Gasteiger partial charge on any atom is -0.490 e. The van der Waals surface area contributed by atoms with Gasteiger partial charge in [0.25, 0.3) is 0 Å². The zero-order valence-electron chi connectivity index (χ0n) is 15.2. The van der Waals surface area contributed by atoms with E-state index in [1.54, 1.807) is 18.5 Å². The van der Waals surface area contributed by atoms with Gasteiger partial charge in [0.2, 0.25) is 0 Å². The fourth-order valence-electron chi connectivity index (χ4n) is 3.89. The highest BCUT2D eigenvalue weighted by molar-refractivity contribution is 5.84. The lowest BCUT2D eigenvalue weighted by Crippen LogP contribution is -2.46. The molecular formula is C23H23FN2O. The Kier molecular flexibility index (Phi) is 4.29. The first-order chi connectivity index (χ1) is 13.3. The highest BCUT2D eigenvalue weighted by Crippen LogP contribution is 2.40. The lowest BCUT2D eigenvalue weighted by atomic mass is 9.89. The van der Waals surface area contributed by atoms with Crippen LogP contribution in [0.4, 0.5) is 4.39 Å². The molecule has 4 heteroatoms. The Bertz CT molecular complexity index is 946. The Morgan fingerprint density at radius 3 is 2.63 bits per heavy atom. The number of halogens is 1. The number of aromatic nitrogens is 1. The average molecular weight is 362 g/mol. The summed E-state index contributed by atoms with van der Waals surface area (Å²) in [4.78, 5) is 4.12. The molecule has 0 unspecified atom stereocenters. The first-order valence-corrected chi connectivity index (χ1v) is 9.77. The van der Waals surface area contributed by atoms with E-state index in [4.69, 9.17) is 4.74 Å². The molecule has 27 heavy (non-hydrogen) atoms. The molecule has 3 aromatic rings. The summed E-state index contributed by atoms with van der Waals surface area (Å²) in [7, 11) is 0. The van der Waals surface area contributed by atoms with Gasteiger partial charge in [0.1, 0.15) is 17.7 Å². The minimum absolute atomic E-state index is 0.163. The summed E-state index contributed by atoms with van der Waals surface area (Å²) in [5.74, 6) is 1.57. The van der Waals surface area contributed by atoms with Crippen molar-refractivity contribution >= 4 is 10.8 Å². The second-order valence-electron chi connectivity index (χ2n) is 7.76. The molecule has 0 spiro atoms. The van der Waals surface area contributed by atoms with Crippen molar-refractivity contribution in [2.24, 2.45) is 0 Å². The molecule has 3 nitrogen and oxygen atoms in total. The molecule has 0 saturated heterocycles. The SMILES string of the molecule is Fc1ccc2cnccc2c1CN[C@H]1C[C@H](Oc2ccc(C3CC3)cc2)C1. The molecule has 0 bridgehead atoms. The van der Waals surface area contributed by atoms with Crippen molar-refractivity contribution in [2.45, 2.75) is 50.3 Å². The van der Waals surface area contributed by atoms with Gasteiger partial charge in [-0.25, -0.2) is 4.39 Å². The Labute approximate surface area is 158 Å². The minimum atomic E-state index is -0.163. The second-order valence-corrected chi connectivity index (χ2v) is 7.76. The Hall–Kier alpha value is -2.46. The maximum Gasteiger partial charge on any atom is 0.128 e. The molecule has 138 valence electrons. The average Bonchev–Trinajstić information content (AvgIpc) is 3.50. The maximum absolute atomic E-state index is 14.3. The lowest BCUT2D eigenvalue weighted by Gasteiger charge is -2.36. The van der Waals surface area contributed by atoms with Crippen LogP contribution in [-0.2, 0) is 6.54 Å². The van der Waals surface area contributed by atoms with Crippen molar-refractivity contribution in [3.8, 4) is 5.75 Å². The molecule has 1 heterocycles. The van der Waals surface area contributed by atoms with E-state index in [-0.39, 0.29) is 11.9 Å². The van der Waals surface area contributed by atoms with Crippen molar-refractivity contribution in [1.29, 1.82) is 0 Å². The Morgan fingerprint density at radius 1 is 1.04 bits per heavy atom. The van der Waals surface area contributed by atoms with E-state index in [0.717, 1.165) is 40.8 Å². The molecule has 1 aromatic heterocycles. The zero-order chi connectivity index (χ0) is 18.2. The van der Waals surface area contributed by atoms with Gasteiger partial charge in [-0.15, -0.1) is 0 Å². The second kappa shape index (κ2) is 6.93. The van der Waals surface area contributed by atoms with Crippen LogP contribution in [0.5, 0.6) is 5.75 Å². The third-order valence-corrected chi connectivity index (χ3v) is 5.77. The molecule has 0 radical (unpaired) electrons. The summed E-state index contributed by atoms with van der Waals surface area (Å²) in [5, 5.41) is 5.38. The fraction of sp³-hybridized carbons (Fsp3) is 0.348. The number of ether oxygens (including phenoxy) is 1. The Morgan fingerprint density at radius 2 is 1.85 bits per heavy atom. The highest BCUT2D eigenvalue weighted by atomic mass is 19.1. The van der Waals surface area contributed by atoms with Gasteiger partial charge in [-0.3, -0.25) is 4.98 Å². The van der Waals surface area contributed by atoms with Crippen molar-refractivity contribution in [1.82, 2.24) is 10.3 Å². The van der Waals surface area contributed by atoms with Gasteiger partial charge >= 0.3 is 0 Å². The van der Waals surface area contributed by atoms with E-state index in [2.05, 4.69) is 34.6 Å². The molecule has 0 amide bonds. The van der Waals surface area contributed by atoms with Crippen LogP contribution < -0.4 is 10.1 Å². The maximum atomic E-state index is 14.3. The lowest BCUT2D eigenvalue weighted by molar-refractivity contribution is 0.0842. The van der Waals surface area contributed by atoms with E-state index in [1.807, 2.05) is 6.07 Å². The van der Waals surface area contributed by atoms with E-state index in [9.17, 15) is 4.39 Å². The third-order valence-electron chi connectivity index (χ3n) is 5.77. The largest absolute Gasteiger partial charge is 0.490 e. The van der Waals surface area contributed by atoms with E-state index >= 15 is 0 Å². The van der Waals surface area contributed by atoms with Crippen LogP contribution in [0.3, 0.4) is 0 Å². The van der Waals surface area contributed by atoms with Crippen LogP contribution in [0, 0.1) is 5.82 Å². The molecular weight excluding hydrogens is 339 g/mol. The van der Waals surface area contributed by atoms with E-state index in [1.165, 1.54) is 24.5 Å². The topological polar surface area (TPSA) is 34.2 Å². The Balaban J connectivity index is 1.15. The molecule has 2 aromatic carbocycles. The molecule has 2 fully saturated rings. The molecule has 0 aliphatic heterocycles. The third kappa shape index (κ3) is 3.54. The van der Waals surface area contributed by atoms with Crippen LogP contribution in [0.15, 0.2) is 54.9 Å². The van der Waals surface area contributed by atoms with Crippen molar-refractivity contribution in [3.05, 3.63) is 71.8 Å². The molecule has 5 rings (SSSR count). The van der Waals surface area contributed by atoms with Crippen molar-refractivity contribution in [2.75, 3.05) is 0 Å². The van der Waals surface area contributed by atoms with E-state index in [0.29, 0.717) is 12.6 Å². The van der Waals surface area contributed by atoms with Gasteiger partial charge in [-0.05, 0) is 72.9 Å². The zero-order valence-corrected chi connectivity index (χ0v) is 15.2. The van der Waals surface area contributed by atoms with Crippen LogP contribution in [0.25, 0.3) is 10.8 Å². The van der Waals surface area contributed by atoms with Gasteiger partial charge < -0.3 is 10.1 Å². The summed E-state index contributed by atoms with van der Waals surface area (Å²) in [6, 6.07) is 14.1. The summed E-state index contributed by atoms with van der Waals surface area (Å²) < 4.78 is 20.3. The quantitative estimate of drug-likeness (QED) is 0.674. The van der Waals surface area contributed by atoms with Gasteiger partial charge in [-0.2, -0.15) is 0 Å². The number of benzene rings is 2. The predicted molar refractivity (Wildman–Crippen MR) is 104 cm³/mol. The number of nitrogens with one attached hydrogen (secondary N) is 1. The number of hydrogen-bond acceptors (Lipinski definition) is 3. The summed E-state index contributed by atoms with van der Waals surface area (Å²) in [6.45, 7) is 0.528. The number of nitrogens with zero attached hydrogens (tertiary/aromatic N) is 1. The summed E-state index contributed by atoms with van der Waals surface area (Å²) in [6.07, 6.45) is 8.30. The summed E-state index contributed by atoms with van der Waals surface area (Å²) >= 11 is 0. The van der Waals surface area contributed by atoms with E-state index < -0.39 is 0 Å². The molecule has 2 aliphatic rings. The van der Waals surface area contributed by atoms with Crippen LogP contribution in [0.2, 0.25) is 0 Å². The predicted octanol–water partition coefficient (Wildman–Crippen LogP) is 4.95. The van der Waals surface area contributed by atoms with Crippen LogP contribution in [0.1, 0.15) is 42.7 Å². The molecule has 2 aliphatic carbocycles. The molecule has 2 saturated carbocycles. The van der Waals surface area contributed by atoms with Crippen LogP contribution >= 0.6 is 0 Å². The normalized spacial score (nSPS) is 21.8. The molecule has 1 N–H and O–H groups in total. The highest BCUT2D eigenvalue weighted by Gasteiger charge is 2.31. The smallest absolute Gasteiger partial charge is 0.128 e. The van der Waals surface area contributed by atoms with Crippen molar-refractivity contribution < 1.29 is 9.13 Å². The van der Waals surface area contributed by atoms with Gasteiger partial charge in [0, 0.05) is 35.9 Å².